The minimum absolute atomic E-state index is 0.790. The molecular formula is C11H22N4. The minimum atomic E-state index is 0.790. The average molecular weight is 210 g/mol. The van der Waals surface area contributed by atoms with Crippen molar-refractivity contribution in [2.45, 2.75) is 25.7 Å². The highest BCUT2D eigenvalue weighted by Crippen LogP contribution is 2.48. The molecule has 86 valence electrons. The van der Waals surface area contributed by atoms with E-state index in [4.69, 9.17) is 5.84 Å². The topological polar surface area (TPSA) is 53.6 Å². The Hall–Kier alpha value is -0.770. The summed E-state index contributed by atoms with van der Waals surface area (Å²) in [5.74, 6) is 9.04. The van der Waals surface area contributed by atoms with Crippen LogP contribution in [0, 0.1) is 17.8 Å². The number of hydrogen-bond acceptors (Lipinski definition) is 2. The summed E-state index contributed by atoms with van der Waals surface area (Å²) in [5, 5.41) is 0. The average Bonchev–Trinajstić information content (AvgIpc) is 2.81. The number of nitrogens with zero attached hydrogens (tertiary/aromatic N) is 2. The van der Waals surface area contributed by atoms with Gasteiger partial charge in [0.2, 0.25) is 5.96 Å². The molecule has 3 N–H and O–H groups in total. The Morgan fingerprint density at radius 1 is 1.47 bits per heavy atom. The number of rotatable bonds is 2. The first-order valence-corrected chi connectivity index (χ1v) is 5.89. The molecular weight excluding hydrogens is 188 g/mol. The lowest BCUT2D eigenvalue weighted by atomic mass is 9.88. The fourth-order valence-corrected chi connectivity index (χ4v) is 3.38. The molecule has 3 atom stereocenters. The third-order valence-electron chi connectivity index (χ3n) is 4.10. The Kier molecular flexibility index (Phi) is 3.14. The van der Waals surface area contributed by atoms with Crippen LogP contribution >= 0.6 is 0 Å². The van der Waals surface area contributed by atoms with E-state index in [2.05, 4.69) is 22.4 Å². The Morgan fingerprint density at radius 3 is 2.73 bits per heavy atom. The Bertz CT molecular complexity index is 251. The first-order valence-electron chi connectivity index (χ1n) is 5.89. The van der Waals surface area contributed by atoms with Crippen molar-refractivity contribution in [1.29, 1.82) is 0 Å². The molecule has 2 fully saturated rings. The second kappa shape index (κ2) is 4.39. The van der Waals surface area contributed by atoms with Gasteiger partial charge >= 0.3 is 0 Å². The van der Waals surface area contributed by atoms with Crippen LogP contribution in [0.4, 0.5) is 0 Å². The first-order chi connectivity index (χ1) is 7.24. The van der Waals surface area contributed by atoms with E-state index in [0.717, 1.165) is 30.3 Å². The van der Waals surface area contributed by atoms with Crippen LogP contribution in [0.1, 0.15) is 25.7 Å². The van der Waals surface area contributed by atoms with Crippen LogP contribution in [0.5, 0.6) is 0 Å². The summed E-state index contributed by atoms with van der Waals surface area (Å²) in [5.41, 5.74) is 2.65. The lowest BCUT2D eigenvalue weighted by molar-refractivity contribution is 0.272. The number of aliphatic imine (C=N–C) groups is 1. The van der Waals surface area contributed by atoms with Crippen molar-refractivity contribution in [1.82, 2.24) is 10.3 Å². The number of fused-ring (bicyclic) bond motifs is 2. The molecule has 0 radical (unpaired) electrons. The van der Waals surface area contributed by atoms with Gasteiger partial charge in [-0.1, -0.05) is 6.42 Å². The molecule has 0 saturated heterocycles. The molecule has 0 aromatic rings. The molecule has 3 unspecified atom stereocenters. The molecule has 4 nitrogen and oxygen atoms in total. The van der Waals surface area contributed by atoms with E-state index in [1.54, 1.807) is 7.05 Å². The van der Waals surface area contributed by atoms with E-state index < -0.39 is 0 Å². The van der Waals surface area contributed by atoms with E-state index in [1.807, 2.05) is 0 Å². The SMILES string of the molecule is CN=C(NN)N(C)CC1CC2CCC1C2. The van der Waals surface area contributed by atoms with Crippen LogP contribution in [0.25, 0.3) is 0 Å². The van der Waals surface area contributed by atoms with Gasteiger partial charge in [-0.3, -0.25) is 10.4 Å². The summed E-state index contributed by atoms with van der Waals surface area (Å²) in [4.78, 5) is 6.26. The number of nitrogens with two attached hydrogens (primary N) is 1. The van der Waals surface area contributed by atoms with E-state index in [1.165, 1.54) is 25.7 Å². The van der Waals surface area contributed by atoms with Gasteiger partial charge in [0.05, 0.1) is 0 Å². The van der Waals surface area contributed by atoms with Gasteiger partial charge in [-0.25, -0.2) is 5.84 Å². The predicted octanol–water partition coefficient (Wildman–Crippen LogP) is 0.804. The first kappa shape index (κ1) is 10.7. The molecule has 0 aromatic carbocycles. The van der Waals surface area contributed by atoms with Crippen molar-refractivity contribution in [2.24, 2.45) is 28.6 Å². The Morgan fingerprint density at radius 2 is 2.27 bits per heavy atom. The van der Waals surface area contributed by atoms with Crippen LogP contribution in [0.3, 0.4) is 0 Å². The molecule has 2 saturated carbocycles. The predicted molar refractivity (Wildman–Crippen MR) is 62.3 cm³/mol. The maximum atomic E-state index is 5.41. The second-order valence-electron chi connectivity index (χ2n) is 5.01. The normalized spacial score (nSPS) is 34.6. The lowest BCUT2D eigenvalue weighted by Gasteiger charge is -2.28. The quantitative estimate of drug-likeness (QED) is 0.307. The molecule has 4 heteroatoms. The van der Waals surface area contributed by atoms with Gasteiger partial charge in [0.1, 0.15) is 0 Å². The zero-order valence-electron chi connectivity index (χ0n) is 9.74. The monoisotopic (exact) mass is 210 g/mol. The number of hydrogen-bond donors (Lipinski definition) is 2. The summed E-state index contributed by atoms with van der Waals surface area (Å²) in [6.07, 6.45) is 5.79. The fourth-order valence-electron chi connectivity index (χ4n) is 3.38. The largest absolute Gasteiger partial charge is 0.345 e. The van der Waals surface area contributed by atoms with Crippen molar-refractivity contribution >= 4 is 5.96 Å². The zero-order chi connectivity index (χ0) is 10.8. The molecule has 0 aliphatic heterocycles. The van der Waals surface area contributed by atoms with E-state index in [0.29, 0.717) is 0 Å². The van der Waals surface area contributed by atoms with Gasteiger partial charge in [-0.2, -0.15) is 0 Å². The molecule has 15 heavy (non-hydrogen) atoms. The zero-order valence-corrected chi connectivity index (χ0v) is 9.74. The van der Waals surface area contributed by atoms with Crippen LogP contribution in [-0.2, 0) is 0 Å². The molecule has 2 aliphatic carbocycles. The highest BCUT2D eigenvalue weighted by Gasteiger charge is 2.39. The summed E-state index contributed by atoms with van der Waals surface area (Å²) < 4.78 is 0. The van der Waals surface area contributed by atoms with Crippen LogP contribution in [0.15, 0.2) is 4.99 Å². The van der Waals surface area contributed by atoms with Gasteiger partial charge in [-0.15, -0.1) is 0 Å². The standard InChI is InChI=1S/C11H22N4/c1-13-11(14-12)15(2)7-10-6-8-3-4-9(10)5-8/h8-10H,3-7,12H2,1-2H3,(H,13,14). The minimum Gasteiger partial charge on any atom is -0.345 e. The summed E-state index contributed by atoms with van der Waals surface area (Å²) >= 11 is 0. The van der Waals surface area contributed by atoms with Gasteiger partial charge in [-0.05, 0) is 37.0 Å². The number of guanidine groups is 1. The lowest BCUT2D eigenvalue weighted by Crippen LogP contribution is -2.45. The molecule has 0 aromatic heterocycles. The highest BCUT2D eigenvalue weighted by atomic mass is 15.4. The fraction of sp³-hybridized carbons (Fsp3) is 0.909. The van der Waals surface area contributed by atoms with E-state index >= 15 is 0 Å². The third-order valence-corrected chi connectivity index (χ3v) is 4.10. The summed E-state index contributed by atoms with van der Waals surface area (Å²) in [6.45, 7) is 1.10. The summed E-state index contributed by atoms with van der Waals surface area (Å²) in [6, 6.07) is 0. The second-order valence-corrected chi connectivity index (χ2v) is 5.01. The van der Waals surface area contributed by atoms with Gasteiger partial charge in [0, 0.05) is 20.6 Å². The van der Waals surface area contributed by atoms with Crippen molar-refractivity contribution < 1.29 is 0 Å². The van der Waals surface area contributed by atoms with Crippen molar-refractivity contribution in [3.8, 4) is 0 Å². The van der Waals surface area contributed by atoms with Crippen LogP contribution in [-0.4, -0.2) is 31.5 Å². The molecule has 2 bridgehead atoms. The molecule has 2 aliphatic rings. The number of hydrazine groups is 1. The van der Waals surface area contributed by atoms with Crippen molar-refractivity contribution in [2.75, 3.05) is 20.6 Å². The van der Waals surface area contributed by atoms with Crippen LogP contribution in [0.2, 0.25) is 0 Å². The molecule has 2 rings (SSSR count). The summed E-state index contributed by atoms with van der Waals surface area (Å²) in [7, 11) is 3.83. The Labute approximate surface area is 91.9 Å². The molecule has 0 spiro atoms. The molecule has 0 heterocycles. The molecule has 0 amide bonds. The van der Waals surface area contributed by atoms with Crippen molar-refractivity contribution in [3.05, 3.63) is 0 Å². The third kappa shape index (κ3) is 2.09. The maximum absolute atomic E-state index is 5.41. The van der Waals surface area contributed by atoms with Gasteiger partial charge in [0.15, 0.2) is 0 Å². The van der Waals surface area contributed by atoms with E-state index in [9.17, 15) is 0 Å². The van der Waals surface area contributed by atoms with Gasteiger partial charge in [0.25, 0.3) is 0 Å². The van der Waals surface area contributed by atoms with Crippen LogP contribution < -0.4 is 11.3 Å². The van der Waals surface area contributed by atoms with E-state index in [-0.39, 0.29) is 0 Å². The number of nitrogens with one attached hydrogen (secondary N) is 1. The Balaban J connectivity index is 1.87. The smallest absolute Gasteiger partial charge is 0.207 e. The maximum Gasteiger partial charge on any atom is 0.207 e. The highest BCUT2D eigenvalue weighted by molar-refractivity contribution is 5.78. The van der Waals surface area contributed by atoms with Gasteiger partial charge < -0.3 is 4.90 Å². The van der Waals surface area contributed by atoms with Crippen molar-refractivity contribution in [3.63, 3.8) is 0 Å².